The average molecular weight is 444 g/mol. The first-order valence-corrected chi connectivity index (χ1v) is 9.94. The van der Waals surface area contributed by atoms with E-state index in [0.717, 1.165) is 11.1 Å². The van der Waals surface area contributed by atoms with Gasteiger partial charge in [-0.05, 0) is 24.0 Å². The van der Waals surface area contributed by atoms with E-state index < -0.39 is 21.6 Å². The first kappa shape index (κ1) is 22.5. The number of carbonyl (C=O) groups excluding carboxylic acids is 2. The highest BCUT2D eigenvalue weighted by molar-refractivity contribution is 6.67. The Morgan fingerprint density at radius 2 is 1.43 bits per heavy atom. The third kappa shape index (κ3) is 8.96. The van der Waals surface area contributed by atoms with Gasteiger partial charge in [0.25, 0.3) is 0 Å². The molecule has 0 bridgehead atoms. The second kappa shape index (κ2) is 11.3. The number of benzene rings is 2. The number of hydrogen-bond donors (Lipinski definition) is 0. The molecule has 2 aromatic rings. The fourth-order valence-corrected chi connectivity index (χ4v) is 2.72. The predicted molar refractivity (Wildman–Crippen MR) is 110 cm³/mol. The summed E-state index contributed by atoms with van der Waals surface area (Å²) >= 11 is 16.8. The topological polar surface area (TPSA) is 52.6 Å². The van der Waals surface area contributed by atoms with E-state index in [-0.39, 0.29) is 19.6 Å². The molecule has 0 heterocycles. The summed E-state index contributed by atoms with van der Waals surface area (Å²) in [6.45, 7) is -0.230. The van der Waals surface area contributed by atoms with Crippen molar-refractivity contribution < 1.29 is 19.1 Å². The summed E-state index contributed by atoms with van der Waals surface area (Å²) in [5.41, 5.74) is 1.94. The monoisotopic (exact) mass is 442 g/mol. The molecule has 0 fully saturated rings. The second-order valence-corrected chi connectivity index (χ2v) is 8.81. The highest BCUT2D eigenvalue weighted by Crippen LogP contribution is 2.26. The number of esters is 2. The van der Waals surface area contributed by atoms with Gasteiger partial charge in [-0.3, -0.25) is 9.59 Å². The molecule has 0 aromatic heterocycles. The van der Waals surface area contributed by atoms with Gasteiger partial charge in [-0.2, -0.15) is 0 Å². The molecule has 0 spiro atoms. The van der Waals surface area contributed by atoms with Gasteiger partial charge in [0, 0.05) is 0 Å². The lowest BCUT2D eigenvalue weighted by Gasteiger charge is -2.17. The maximum Gasteiger partial charge on any atom is 0.309 e. The fraction of sp³-hybridized carbons (Fsp3) is 0.333. The highest BCUT2D eigenvalue weighted by Gasteiger charge is 2.27. The van der Waals surface area contributed by atoms with E-state index in [2.05, 4.69) is 0 Å². The van der Waals surface area contributed by atoms with Gasteiger partial charge in [0.1, 0.15) is 13.2 Å². The molecule has 0 N–H and O–H groups in total. The number of hydrogen-bond acceptors (Lipinski definition) is 4. The van der Waals surface area contributed by atoms with Gasteiger partial charge < -0.3 is 9.47 Å². The number of ether oxygens (including phenoxy) is 2. The molecule has 4 nitrogen and oxygen atoms in total. The Morgan fingerprint density at radius 3 is 2.00 bits per heavy atom. The normalized spacial score (nSPS) is 12.2. The first-order chi connectivity index (χ1) is 13.3. The zero-order chi connectivity index (χ0) is 20.4. The Balaban J connectivity index is 1.95. The molecule has 0 amide bonds. The highest BCUT2D eigenvalue weighted by atomic mass is 35.6. The van der Waals surface area contributed by atoms with E-state index in [1.165, 1.54) is 0 Å². The van der Waals surface area contributed by atoms with Gasteiger partial charge in [0.05, 0.1) is 12.3 Å². The minimum Gasteiger partial charge on any atom is -0.461 e. The average Bonchev–Trinajstić information content (AvgIpc) is 2.68. The Bertz CT molecular complexity index is 745. The summed E-state index contributed by atoms with van der Waals surface area (Å²) in [7, 11) is 0. The Kier molecular flexibility index (Phi) is 9.10. The number of alkyl halides is 3. The summed E-state index contributed by atoms with van der Waals surface area (Å²) in [6, 6.07) is 19.0. The molecule has 0 aliphatic carbocycles. The third-order valence-corrected chi connectivity index (χ3v) is 4.32. The molecule has 0 unspecified atom stereocenters. The van der Waals surface area contributed by atoms with Gasteiger partial charge in [-0.25, -0.2) is 0 Å². The number of carbonyl (C=O) groups is 2. The molecule has 2 rings (SSSR count). The molecule has 1 atom stereocenters. The maximum absolute atomic E-state index is 12.6. The van der Waals surface area contributed by atoms with Crippen molar-refractivity contribution in [1.82, 2.24) is 0 Å². The summed E-state index contributed by atoms with van der Waals surface area (Å²) in [6.07, 6.45) is 0.936. The molecule has 2 aromatic carbocycles. The van der Waals surface area contributed by atoms with Crippen LogP contribution in [0.1, 0.15) is 24.0 Å². The van der Waals surface area contributed by atoms with Crippen molar-refractivity contribution in [3.8, 4) is 0 Å². The van der Waals surface area contributed by atoms with Crippen molar-refractivity contribution in [2.24, 2.45) is 5.92 Å². The minimum atomic E-state index is -1.69. The van der Waals surface area contributed by atoms with Crippen molar-refractivity contribution in [1.29, 1.82) is 0 Å². The minimum absolute atomic E-state index is 0.138. The van der Waals surface area contributed by atoms with Crippen LogP contribution in [0.5, 0.6) is 0 Å². The van der Waals surface area contributed by atoms with E-state index in [4.69, 9.17) is 44.3 Å². The molecule has 150 valence electrons. The Hall–Kier alpha value is -1.75. The van der Waals surface area contributed by atoms with Gasteiger partial charge in [-0.15, -0.1) is 0 Å². The predicted octanol–water partition coefficient (Wildman–Crippen LogP) is 5.28. The molecule has 0 aliphatic rings. The van der Waals surface area contributed by atoms with Crippen LogP contribution in [0.25, 0.3) is 0 Å². The number of halogens is 3. The molecular formula is C21H21Cl3O4. The van der Waals surface area contributed by atoms with Crippen molar-refractivity contribution in [3.05, 3.63) is 71.8 Å². The molecule has 7 heteroatoms. The zero-order valence-corrected chi connectivity index (χ0v) is 17.4. The smallest absolute Gasteiger partial charge is 0.309 e. The standard InChI is InChI=1S/C21H21Cl3O4/c22-21(23,24)15-28-19(25)13-18(12-11-16-7-3-1-4-8-16)20(26)27-14-17-9-5-2-6-10-17/h1-10,18H,11-15H2/t18-/m1/s1. The van der Waals surface area contributed by atoms with Crippen molar-refractivity contribution in [2.75, 3.05) is 6.61 Å². The lowest BCUT2D eigenvalue weighted by Crippen LogP contribution is -2.25. The first-order valence-electron chi connectivity index (χ1n) is 8.80. The van der Waals surface area contributed by atoms with Crippen LogP contribution in [-0.4, -0.2) is 22.3 Å². The molecular weight excluding hydrogens is 423 g/mol. The lowest BCUT2D eigenvalue weighted by atomic mass is 9.96. The van der Waals surface area contributed by atoms with E-state index in [1.807, 2.05) is 60.7 Å². The van der Waals surface area contributed by atoms with Crippen LogP contribution in [-0.2, 0) is 32.1 Å². The number of aryl methyl sites for hydroxylation is 1. The van der Waals surface area contributed by atoms with E-state index in [1.54, 1.807) is 0 Å². The van der Waals surface area contributed by atoms with Crippen molar-refractivity contribution in [3.63, 3.8) is 0 Å². The van der Waals surface area contributed by atoms with Crippen LogP contribution in [0.4, 0.5) is 0 Å². The van der Waals surface area contributed by atoms with Crippen LogP contribution in [0.3, 0.4) is 0 Å². The molecule has 0 saturated carbocycles. The molecule has 0 radical (unpaired) electrons. The summed E-state index contributed by atoms with van der Waals surface area (Å²) in [5.74, 6) is -1.71. The van der Waals surface area contributed by atoms with Crippen LogP contribution in [0.15, 0.2) is 60.7 Å². The molecule has 28 heavy (non-hydrogen) atoms. The molecule has 0 saturated heterocycles. The van der Waals surface area contributed by atoms with Gasteiger partial charge in [0.2, 0.25) is 3.79 Å². The summed E-state index contributed by atoms with van der Waals surface area (Å²) in [4.78, 5) is 24.7. The fourth-order valence-electron chi connectivity index (χ4n) is 2.56. The van der Waals surface area contributed by atoms with Gasteiger partial charge in [0.15, 0.2) is 0 Å². The largest absolute Gasteiger partial charge is 0.461 e. The second-order valence-electron chi connectivity index (χ2n) is 6.29. The third-order valence-electron chi connectivity index (χ3n) is 3.99. The van der Waals surface area contributed by atoms with Gasteiger partial charge in [-0.1, -0.05) is 95.5 Å². The van der Waals surface area contributed by atoms with E-state index in [9.17, 15) is 9.59 Å². The van der Waals surface area contributed by atoms with Crippen LogP contribution >= 0.6 is 34.8 Å². The van der Waals surface area contributed by atoms with Crippen molar-refractivity contribution >= 4 is 46.7 Å². The zero-order valence-electron chi connectivity index (χ0n) is 15.2. The Morgan fingerprint density at radius 1 is 0.857 bits per heavy atom. The molecule has 0 aliphatic heterocycles. The van der Waals surface area contributed by atoms with E-state index >= 15 is 0 Å². The van der Waals surface area contributed by atoms with E-state index in [0.29, 0.717) is 12.8 Å². The maximum atomic E-state index is 12.6. The Labute approximate surface area is 179 Å². The van der Waals surface area contributed by atoms with Crippen LogP contribution in [0, 0.1) is 5.92 Å². The van der Waals surface area contributed by atoms with Crippen LogP contribution in [0.2, 0.25) is 0 Å². The lowest BCUT2D eigenvalue weighted by molar-refractivity contribution is -0.156. The summed E-state index contributed by atoms with van der Waals surface area (Å²) in [5, 5.41) is 0. The number of rotatable bonds is 9. The van der Waals surface area contributed by atoms with Crippen molar-refractivity contribution in [2.45, 2.75) is 29.7 Å². The SMILES string of the molecule is O=C(C[C@@H](CCc1ccccc1)C(=O)OCc1ccccc1)OCC(Cl)(Cl)Cl. The summed E-state index contributed by atoms with van der Waals surface area (Å²) < 4.78 is 8.67. The van der Waals surface area contributed by atoms with Crippen LogP contribution < -0.4 is 0 Å². The quantitative estimate of drug-likeness (QED) is 0.391. The van der Waals surface area contributed by atoms with Gasteiger partial charge >= 0.3 is 11.9 Å².